The third kappa shape index (κ3) is 2.32. The fourth-order valence-corrected chi connectivity index (χ4v) is 3.17. The second kappa shape index (κ2) is 5.09. The molecule has 20 heavy (non-hydrogen) atoms. The Kier molecular flexibility index (Phi) is 3.28. The molecule has 0 saturated heterocycles. The lowest BCUT2D eigenvalue weighted by Gasteiger charge is -2.18. The Balaban J connectivity index is 1.95. The number of hydrogen-bond acceptors (Lipinski definition) is 4. The highest BCUT2D eigenvalue weighted by Crippen LogP contribution is 2.35. The van der Waals surface area contributed by atoms with Gasteiger partial charge in [0.25, 0.3) is 0 Å². The molecule has 102 valence electrons. The van der Waals surface area contributed by atoms with Crippen LogP contribution in [0.1, 0.15) is 29.8 Å². The molecule has 1 atom stereocenters. The second-order valence-corrected chi connectivity index (χ2v) is 5.68. The lowest BCUT2D eigenvalue weighted by atomic mass is 10.0. The fraction of sp³-hybridized carbons (Fsp3) is 0.200. The van der Waals surface area contributed by atoms with E-state index in [1.54, 1.807) is 29.5 Å². The van der Waals surface area contributed by atoms with Crippen molar-refractivity contribution in [3.8, 4) is 5.75 Å². The van der Waals surface area contributed by atoms with Gasteiger partial charge in [0, 0.05) is 23.8 Å². The van der Waals surface area contributed by atoms with E-state index in [9.17, 15) is 9.90 Å². The van der Waals surface area contributed by atoms with Gasteiger partial charge in [-0.3, -0.25) is 4.79 Å². The molecule has 1 N–H and O–H groups in total. The summed E-state index contributed by atoms with van der Waals surface area (Å²) in [5.41, 5.74) is 1.69. The van der Waals surface area contributed by atoms with Crippen LogP contribution >= 0.6 is 11.3 Å². The molecule has 4 nitrogen and oxygen atoms in total. The van der Waals surface area contributed by atoms with E-state index in [-0.39, 0.29) is 17.7 Å². The van der Waals surface area contributed by atoms with Gasteiger partial charge in [-0.1, -0.05) is 18.2 Å². The van der Waals surface area contributed by atoms with Crippen LogP contribution < -0.4 is 0 Å². The molecule has 0 saturated carbocycles. The lowest BCUT2D eigenvalue weighted by Crippen LogP contribution is -2.23. The Hall–Kier alpha value is -2.14. The van der Waals surface area contributed by atoms with Gasteiger partial charge in [0.15, 0.2) is 0 Å². The van der Waals surface area contributed by atoms with Crippen LogP contribution in [0.25, 0.3) is 0 Å². The van der Waals surface area contributed by atoms with E-state index in [0.29, 0.717) is 6.42 Å². The monoisotopic (exact) mass is 286 g/mol. The molecule has 0 bridgehead atoms. The molecule has 3 rings (SSSR count). The maximum Gasteiger partial charge on any atom is 0.240 e. The largest absolute Gasteiger partial charge is 0.508 e. The molecule has 2 aromatic rings. The number of phenolic OH excluding ortho intramolecular Hbond substituents is 1. The van der Waals surface area contributed by atoms with Gasteiger partial charge >= 0.3 is 0 Å². The van der Waals surface area contributed by atoms with Gasteiger partial charge in [0.05, 0.1) is 11.8 Å². The van der Waals surface area contributed by atoms with Crippen LogP contribution in [0.3, 0.4) is 0 Å². The third-order valence-corrected chi connectivity index (χ3v) is 4.26. The van der Waals surface area contributed by atoms with E-state index < -0.39 is 0 Å². The number of hydrogen-bond donors (Lipinski definition) is 1. The SMILES string of the molecule is CC(=O)N1N=C(c2cccc(O)c2)C[C@@H]1c1cccs1. The average Bonchev–Trinajstić information content (AvgIpc) is 3.08. The predicted molar refractivity (Wildman–Crippen MR) is 78.8 cm³/mol. The molecule has 1 aliphatic heterocycles. The molecule has 1 aromatic carbocycles. The first kappa shape index (κ1) is 12.9. The number of aromatic hydroxyl groups is 1. The molecule has 5 heteroatoms. The van der Waals surface area contributed by atoms with Gasteiger partial charge < -0.3 is 5.11 Å². The van der Waals surface area contributed by atoms with Crippen molar-refractivity contribution in [2.45, 2.75) is 19.4 Å². The van der Waals surface area contributed by atoms with Gasteiger partial charge in [0.1, 0.15) is 5.75 Å². The van der Waals surface area contributed by atoms with Crippen LogP contribution in [0.4, 0.5) is 0 Å². The van der Waals surface area contributed by atoms with Crippen molar-refractivity contribution in [1.29, 1.82) is 0 Å². The number of nitrogens with zero attached hydrogens (tertiary/aromatic N) is 2. The maximum absolute atomic E-state index is 11.8. The van der Waals surface area contributed by atoms with E-state index in [1.807, 2.05) is 23.6 Å². The molecular weight excluding hydrogens is 272 g/mol. The standard InChI is InChI=1S/C15H14N2O2S/c1-10(18)17-14(15-6-3-7-20-15)9-13(16-17)11-4-2-5-12(19)8-11/h2-8,14,19H,9H2,1H3/t14-/m1/s1. The number of hydrazone groups is 1. The van der Waals surface area contributed by atoms with Crippen molar-refractivity contribution in [3.05, 3.63) is 52.2 Å². The summed E-state index contributed by atoms with van der Waals surface area (Å²) in [5.74, 6) is 0.137. The number of benzene rings is 1. The zero-order valence-electron chi connectivity index (χ0n) is 11.0. The molecular formula is C15H14N2O2S. The van der Waals surface area contributed by atoms with Gasteiger partial charge in [-0.2, -0.15) is 5.10 Å². The number of carbonyl (C=O) groups excluding carboxylic acids is 1. The van der Waals surface area contributed by atoms with Crippen LogP contribution in [0.5, 0.6) is 5.75 Å². The molecule has 1 aromatic heterocycles. The minimum Gasteiger partial charge on any atom is -0.508 e. The molecule has 1 amide bonds. The summed E-state index contributed by atoms with van der Waals surface area (Å²) >= 11 is 1.63. The van der Waals surface area contributed by atoms with Gasteiger partial charge in [-0.15, -0.1) is 11.3 Å². The first-order chi connectivity index (χ1) is 9.65. The third-order valence-electron chi connectivity index (χ3n) is 3.28. The summed E-state index contributed by atoms with van der Waals surface area (Å²) in [6, 6.07) is 10.9. The average molecular weight is 286 g/mol. The lowest BCUT2D eigenvalue weighted by molar-refractivity contribution is -0.130. The molecule has 0 fully saturated rings. The van der Waals surface area contributed by atoms with E-state index in [1.165, 1.54) is 11.9 Å². The summed E-state index contributed by atoms with van der Waals surface area (Å²) in [6.07, 6.45) is 0.670. The van der Waals surface area contributed by atoms with Crippen molar-refractivity contribution in [2.24, 2.45) is 5.10 Å². The van der Waals surface area contributed by atoms with Crippen LogP contribution in [0.15, 0.2) is 46.9 Å². The number of rotatable bonds is 2. The highest BCUT2D eigenvalue weighted by atomic mass is 32.1. The Bertz CT molecular complexity index is 664. The van der Waals surface area contributed by atoms with Crippen molar-refractivity contribution >= 4 is 23.0 Å². The Morgan fingerprint density at radius 2 is 2.25 bits per heavy atom. The number of carbonyl (C=O) groups is 1. The van der Waals surface area contributed by atoms with E-state index in [4.69, 9.17) is 0 Å². The molecule has 0 radical (unpaired) electrons. The minimum atomic E-state index is -0.0708. The Morgan fingerprint density at radius 3 is 2.90 bits per heavy atom. The Labute approximate surface area is 121 Å². The predicted octanol–water partition coefficient (Wildman–Crippen LogP) is 3.15. The van der Waals surface area contributed by atoms with Gasteiger partial charge in [0.2, 0.25) is 5.91 Å². The summed E-state index contributed by atoms with van der Waals surface area (Å²) in [6.45, 7) is 1.52. The number of thiophene rings is 1. The summed E-state index contributed by atoms with van der Waals surface area (Å²) < 4.78 is 0. The van der Waals surface area contributed by atoms with Crippen molar-refractivity contribution in [3.63, 3.8) is 0 Å². The highest BCUT2D eigenvalue weighted by molar-refractivity contribution is 7.10. The van der Waals surface area contributed by atoms with Crippen LogP contribution in [0, 0.1) is 0 Å². The Morgan fingerprint density at radius 1 is 1.40 bits per heavy atom. The fourth-order valence-electron chi connectivity index (χ4n) is 2.36. The zero-order chi connectivity index (χ0) is 14.1. The normalized spacial score (nSPS) is 18.1. The van der Waals surface area contributed by atoms with E-state index in [2.05, 4.69) is 5.10 Å². The highest BCUT2D eigenvalue weighted by Gasteiger charge is 2.31. The van der Waals surface area contributed by atoms with Crippen LogP contribution in [0.2, 0.25) is 0 Å². The van der Waals surface area contributed by atoms with Crippen molar-refractivity contribution in [2.75, 3.05) is 0 Å². The van der Waals surface area contributed by atoms with Gasteiger partial charge in [-0.25, -0.2) is 5.01 Å². The molecule has 0 spiro atoms. The second-order valence-electron chi connectivity index (χ2n) is 4.70. The van der Waals surface area contributed by atoms with E-state index in [0.717, 1.165) is 16.2 Å². The first-order valence-electron chi connectivity index (χ1n) is 6.35. The molecule has 2 heterocycles. The molecule has 0 aliphatic carbocycles. The topological polar surface area (TPSA) is 52.9 Å². The zero-order valence-corrected chi connectivity index (χ0v) is 11.8. The van der Waals surface area contributed by atoms with Crippen LogP contribution in [-0.4, -0.2) is 21.7 Å². The van der Waals surface area contributed by atoms with Crippen LogP contribution in [-0.2, 0) is 4.79 Å². The molecule has 0 unspecified atom stereocenters. The smallest absolute Gasteiger partial charge is 0.240 e. The molecule has 1 aliphatic rings. The quantitative estimate of drug-likeness (QED) is 0.922. The van der Waals surface area contributed by atoms with E-state index >= 15 is 0 Å². The van der Waals surface area contributed by atoms with Gasteiger partial charge in [-0.05, 0) is 23.6 Å². The number of amides is 1. The number of phenols is 1. The summed E-state index contributed by atoms with van der Waals surface area (Å²) in [5, 5.41) is 17.5. The minimum absolute atomic E-state index is 0.0372. The summed E-state index contributed by atoms with van der Waals surface area (Å²) in [4.78, 5) is 12.9. The maximum atomic E-state index is 11.8. The first-order valence-corrected chi connectivity index (χ1v) is 7.23. The van der Waals surface area contributed by atoms with Crippen molar-refractivity contribution < 1.29 is 9.90 Å². The van der Waals surface area contributed by atoms with Crippen molar-refractivity contribution in [1.82, 2.24) is 5.01 Å². The summed E-state index contributed by atoms with van der Waals surface area (Å²) in [7, 11) is 0.